The number of nitrogens with zero attached hydrogens (tertiary/aromatic N) is 3. The number of benzene rings is 2. The summed E-state index contributed by atoms with van der Waals surface area (Å²) in [6.45, 7) is 5.21. The maximum Gasteiger partial charge on any atom is 0.263 e. The van der Waals surface area contributed by atoms with Gasteiger partial charge in [0.2, 0.25) is 0 Å². The normalized spacial score (nSPS) is 18.9. The van der Waals surface area contributed by atoms with Gasteiger partial charge in [-0.15, -0.1) is 0 Å². The molecule has 2 aliphatic heterocycles. The van der Waals surface area contributed by atoms with E-state index < -0.39 is 6.10 Å². The molecule has 2 fully saturated rings. The molecular formula is C27H31ClN4O5. The second-order valence-corrected chi connectivity index (χ2v) is 9.55. The Morgan fingerprint density at radius 2 is 2.03 bits per heavy atom. The van der Waals surface area contributed by atoms with Crippen LogP contribution in [0.2, 0.25) is 5.02 Å². The Morgan fingerprint density at radius 3 is 2.81 bits per heavy atom. The van der Waals surface area contributed by atoms with Crippen molar-refractivity contribution in [2.45, 2.75) is 38.4 Å². The summed E-state index contributed by atoms with van der Waals surface area (Å²) in [4.78, 5) is 23.5. The van der Waals surface area contributed by atoms with Gasteiger partial charge in [-0.25, -0.2) is 9.97 Å². The van der Waals surface area contributed by atoms with Gasteiger partial charge in [0.05, 0.1) is 35.2 Å². The molecule has 9 nitrogen and oxygen atoms in total. The van der Waals surface area contributed by atoms with Crippen LogP contribution < -0.4 is 14.8 Å². The molecule has 3 heterocycles. The Hall–Kier alpha value is -3.14. The van der Waals surface area contributed by atoms with E-state index >= 15 is 0 Å². The first-order chi connectivity index (χ1) is 18.1. The van der Waals surface area contributed by atoms with E-state index in [2.05, 4.69) is 15.3 Å². The van der Waals surface area contributed by atoms with E-state index in [4.69, 9.17) is 30.5 Å². The number of morpholine rings is 1. The lowest BCUT2D eigenvalue weighted by Crippen LogP contribution is -2.46. The van der Waals surface area contributed by atoms with Gasteiger partial charge < -0.3 is 29.2 Å². The minimum absolute atomic E-state index is 0.0762. The molecule has 2 atom stereocenters. The maximum atomic E-state index is 12.9. The third kappa shape index (κ3) is 6.23. The van der Waals surface area contributed by atoms with Crippen molar-refractivity contribution in [3.8, 4) is 11.5 Å². The SMILES string of the molecule is CC(Oc1cccc2ncnc(Nc3ccc(OCC4CCCCO4)c(Cl)c3)c12)C(=O)N1CCOCC1. The lowest BCUT2D eigenvalue weighted by Gasteiger charge is -2.29. The molecule has 10 heteroatoms. The second-order valence-electron chi connectivity index (χ2n) is 9.14. The topological polar surface area (TPSA) is 95.0 Å². The molecule has 1 N–H and O–H groups in total. The summed E-state index contributed by atoms with van der Waals surface area (Å²) >= 11 is 6.53. The summed E-state index contributed by atoms with van der Waals surface area (Å²) in [6, 6.07) is 11.0. The van der Waals surface area contributed by atoms with Crippen molar-refractivity contribution in [3.05, 3.63) is 47.7 Å². The molecule has 3 aromatic rings. The number of nitrogens with one attached hydrogen (secondary N) is 1. The molecule has 1 amide bonds. The molecule has 196 valence electrons. The Morgan fingerprint density at radius 1 is 1.16 bits per heavy atom. The Balaban J connectivity index is 1.32. The van der Waals surface area contributed by atoms with Gasteiger partial charge in [0.1, 0.15) is 30.3 Å². The molecule has 1 aromatic heterocycles. The predicted molar refractivity (Wildman–Crippen MR) is 141 cm³/mol. The molecule has 2 aromatic carbocycles. The molecule has 0 saturated carbocycles. The fourth-order valence-corrected chi connectivity index (χ4v) is 4.74. The largest absolute Gasteiger partial charge is 0.489 e. The number of hydrogen-bond acceptors (Lipinski definition) is 8. The molecule has 2 unspecified atom stereocenters. The van der Waals surface area contributed by atoms with E-state index in [-0.39, 0.29) is 12.0 Å². The van der Waals surface area contributed by atoms with Crippen molar-refractivity contribution >= 4 is 39.9 Å². The number of rotatable bonds is 8. The fraction of sp³-hybridized carbons (Fsp3) is 0.444. The number of aromatic nitrogens is 2. The molecule has 0 aliphatic carbocycles. The van der Waals surface area contributed by atoms with E-state index in [0.717, 1.165) is 31.6 Å². The van der Waals surface area contributed by atoms with E-state index in [1.54, 1.807) is 17.9 Å². The lowest BCUT2D eigenvalue weighted by molar-refractivity contribution is -0.142. The van der Waals surface area contributed by atoms with Gasteiger partial charge in [0.15, 0.2) is 6.10 Å². The first-order valence-corrected chi connectivity index (χ1v) is 13.0. The van der Waals surface area contributed by atoms with E-state index in [1.165, 1.54) is 6.33 Å². The summed E-state index contributed by atoms with van der Waals surface area (Å²) in [7, 11) is 0. The van der Waals surface area contributed by atoms with Crippen molar-refractivity contribution < 1.29 is 23.7 Å². The highest BCUT2D eigenvalue weighted by molar-refractivity contribution is 6.32. The van der Waals surface area contributed by atoms with Crippen LogP contribution >= 0.6 is 11.6 Å². The van der Waals surface area contributed by atoms with Gasteiger partial charge in [0.25, 0.3) is 5.91 Å². The van der Waals surface area contributed by atoms with Gasteiger partial charge in [0, 0.05) is 25.4 Å². The molecule has 37 heavy (non-hydrogen) atoms. The maximum absolute atomic E-state index is 12.9. The monoisotopic (exact) mass is 526 g/mol. The number of halogens is 1. The molecule has 2 aliphatic rings. The zero-order chi connectivity index (χ0) is 25.6. The van der Waals surface area contributed by atoms with Crippen LogP contribution in [-0.2, 0) is 14.3 Å². The molecule has 0 bridgehead atoms. The van der Waals surface area contributed by atoms with Crippen LogP contribution in [0.5, 0.6) is 11.5 Å². The predicted octanol–water partition coefficient (Wildman–Crippen LogP) is 4.60. The smallest absolute Gasteiger partial charge is 0.263 e. The van der Waals surface area contributed by atoms with Crippen LogP contribution in [0.1, 0.15) is 26.2 Å². The fourth-order valence-electron chi connectivity index (χ4n) is 4.51. The van der Waals surface area contributed by atoms with E-state index in [0.29, 0.717) is 66.2 Å². The molecular weight excluding hydrogens is 496 g/mol. The van der Waals surface area contributed by atoms with Gasteiger partial charge in [-0.05, 0) is 56.5 Å². The number of carbonyl (C=O) groups excluding carboxylic acids is 1. The number of ether oxygens (including phenoxy) is 4. The first kappa shape index (κ1) is 25.5. The van der Waals surface area contributed by atoms with E-state index in [1.807, 2.05) is 30.3 Å². The van der Waals surface area contributed by atoms with Gasteiger partial charge in [-0.2, -0.15) is 0 Å². The standard InChI is InChI=1S/C27H31ClN4O5/c1-18(27(33)32-10-13-34-14-11-32)37-24-7-4-6-22-25(24)26(30-17-29-22)31-19-8-9-23(21(28)15-19)36-16-20-5-2-3-12-35-20/h4,6-9,15,17-18,20H,2-3,5,10-14,16H2,1H3,(H,29,30,31). The summed E-state index contributed by atoms with van der Waals surface area (Å²) in [5, 5.41) is 4.48. The highest BCUT2D eigenvalue weighted by Gasteiger charge is 2.25. The number of hydrogen-bond donors (Lipinski definition) is 1. The number of fused-ring (bicyclic) bond motifs is 1. The van der Waals surface area contributed by atoms with Crippen LogP contribution in [-0.4, -0.2) is 72.5 Å². The summed E-state index contributed by atoms with van der Waals surface area (Å²) in [5.74, 6) is 1.60. The minimum Gasteiger partial charge on any atom is -0.489 e. The molecule has 0 radical (unpaired) electrons. The van der Waals surface area contributed by atoms with E-state index in [9.17, 15) is 4.79 Å². The third-order valence-electron chi connectivity index (χ3n) is 6.49. The average molecular weight is 527 g/mol. The summed E-state index contributed by atoms with van der Waals surface area (Å²) in [6.07, 6.45) is 4.18. The average Bonchev–Trinajstić information content (AvgIpc) is 2.93. The van der Waals surface area contributed by atoms with Crippen LogP contribution in [0.4, 0.5) is 11.5 Å². The van der Waals surface area contributed by atoms with Crippen molar-refractivity contribution in [2.75, 3.05) is 44.8 Å². The van der Waals surface area contributed by atoms with Crippen molar-refractivity contribution in [1.82, 2.24) is 14.9 Å². The number of carbonyl (C=O) groups is 1. The highest BCUT2D eigenvalue weighted by atomic mass is 35.5. The minimum atomic E-state index is -0.671. The zero-order valence-corrected chi connectivity index (χ0v) is 21.6. The Kier molecular flexibility index (Phi) is 8.23. The van der Waals surface area contributed by atoms with Crippen molar-refractivity contribution in [2.24, 2.45) is 0 Å². The highest BCUT2D eigenvalue weighted by Crippen LogP contribution is 2.34. The third-order valence-corrected chi connectivity index (χ3v) is 6.79. The first-order valence-electron chi connectivity index (χ1n) is 12.7. The van der Waals surface area contributed by atoms with Crippen molar-refractivity contribution in [1.29, 1.82) is 0 Å². The Bertz CT molecular complexity index is 1230. The van der Waals surface area contributed by atoms with Crippen LogP contribution in [0.3, 0.4) is 0 Å². The number of amides is 1. The van der Waals surface area contributed by atoms with Gasteiger partial charge >= 0.3 is 0 Å². The van der Waals surface area contributed by atoms with Gasteiger partial charge in [-0.1, -0.05) is 17.7 Å². The van der Waals surface area contributed by atoms with Gasteiger partial charge in [-0.3, -0.25) is 4.79 Å². The molecule has 0 spiro atoms. The quantitative estimate of drug-likeness (QED) is 0.455. The zero-order valence-electron chi connectivity index (χ0n) is 20.8. The second kappa shape index (κ2) is 11.9. The van der Waals surface area contributed by atoms with Crippen LogP contribution in [0, 0.1) is 0 Å². The summed E-state index contributed by atoms with van der Waals surface area (Å²) < 4.78 is 23.1. The molecule has 5 rings (SSSR count). The number of anilines is 2. The van der Waals surface area contributed by atoms with Crippen LogP contribution in [0.15, 0.2) is 42.7 Å². The Labute approximate surface area is 221 Å². The van der Waals surface area contributed by atoms with Crippen molar-refractivity contribution in [3.63, 3.8) is 0 Å². The van der Waals surface area contributed by atoms with Crippen LogP contribution in [0.25, 0.3) is 10.9 Å². The molecule has 2 saturated heterocycles. The summed E-state index contributed by atoms with van der Waals surface area (Å²) in [5.41, 5.74) is 1.43. The lowest BCUT2D eigenvalue weighted by atomic mass is 10.1.